The van der Waals surface area contributed by atoms with E-state index >= 15 is 0 Å². The van der Waals surface area contributed by atoms with Crippen molar-refractivity contribution in [2.75, 3.05) is 19.6 Å². The maximum absolute atomic E-state index is 12.7. The maximum Gasteiger partial charge on any atom is 0.251 e. The van der Waals surface area contributed by atoms with Gasteiger partial charge in [0, 0.05) is 22.5 Å². The van der Waals surface area contributed by atoms with Crippen LogP contribution in [0.4, 0.5) is 0 Å². The second-order valence-corrected chi connectivity index (χ2v) is 9.27. The summed E-state index contributed by atoms with van der Waals surface area (Å²) >= 11 is 1.87. The third-order valence-corrected chi connectivity index (χ3v) is 7.37. The van der Waals surface area contributed by atoms with E-state index in [9.17, 15) is 4.79 Å². The van der Waals surface area contributed by atoms with Gasteiger partial charge in [-0.3, -0.25) is 9.69 Å². The number of rotatable bonds is 4. The van der Waals surface area contributed by atoms with Crippen LogP contribution in [-0.2, 0) is 0 Å². The largest absolute Gasteiger partial charge is 0.347 e. The minimum Gasteiger partial charge on any atom is -0.347 e. The molecule has 4 fully saturated rings. The summed E-state index contributed by atoms with van der Waals surface area (Å²) in [5.74, 6) is 1.48. The summed E-state index contributed by atoms with van der Waals surface area (Å²) in [5, 5.41) is 7.36. The zero-order chi connectivity index (χ0) is 17.4. The number of thioether (sulfide) groups is 1. The molecule has 0 aromatic heterocycles. The molecule has 4 aliphatic heterocycles. The Bertz CT molecular complexity index is 610. The number of nitrogens with one attached hydrogen (secondary N) is 2. The lowest BCUT2D eigenvalue weighted by Gasteiger charge is -2.49. The molecule has 0 spiro atoms. The van der Waals surface area contributed by atoms with Gasteiger partial charge in [-0.05, 0) is 81.9 Å². The van der Waals surface area contributed by atoms with E-state index in [2.05, 4.69) is 41.5 Å². The molecule has 2 unspecified atom stereocenters. The van der Waals surface area contributed by atoms with Gasteiger partial charge in [0.25, 0.3) is 5.91 Å². The van der Waals surface area contributed by atoms with Crippen molar-refractivity contribution >= 4 is 17.7 Å². The molecule has 4 heterocycles. The number of piperidine rings is 3. The third kappa shape index (κ3) is 3.74. The number of hydrogen-bond donors (Lipinski definition) is 2. The molecule has 0 aliphatic carbocycles. The van der Waals surface area contributed by atoms with Gasteiger partial charge in [-0.2, -0.15) is 0 Å². The Morgan fingerprint density at radius 2 is 1.92 bits per heavy atom. The monoisotopic (exact) mass is 359 g/mol. The summed E-state index contributed by atoms with van der Waals surface area (Å²) < 4.78 is 0. The lowest BCUT2D eigenvalue weighted by atomic mass is 9.79. The van der Waals surface area contributed by atoms with Crippen molar-refractivity contribution in [2.24, 2.45) is 11.8 Å². The predicted molar refractivity (Wildman–Crippen MR) is 103 cm³/mol. The molecular weight excluding hydrogens is 330 g/mol. The number of fused-ring (bicyclic) bond motifs is 3. The van der Waals surface area contributed by atoms with E-state index in [4.69, 9.17) is 0 Å². The van der Waals surface area contributed by atoms with Crippen LogP contribution in [0.1, 0.15) is 43.5 Å². The average molecular weight is 360 g/mol. The van der Waals surface area contributed by atoms with Crippen LogP contribution >= 0.6 is 11.8 Å². The Morgan fingerprint density at radius 1 is 1.20 bits per heavy atom. The Labute approximate surface area is 155 Å². The summed E-state index contributed by atoms with van der Waals surface area (Å²) in [5.41, 5.74) is 0.778. The summed E-state index contributed by atoms with van der Waals surface area (Å²) in [6, 6.07) is 8.88. The number of hydrogen-bond acceptors (Lipinski definition) is 4. The SMILES string of the molecule is CC1CNC(Sc2ccc(C(=O)N[C@@H]3C4CCN(CC4)[C@H]3C)cc2)C1. The van der Waals surface area contributed by atoms with Gasteiger partial charge in [0.1, 0.15) is 0 Å². The molecule has 4 atom stereocenters. The zero-order valence-corrected chi connectivity index (χ0v) is 16.0. The smallest absolute Gasteiger partial charge is 0.251 e. The van der Waals surface area contributed by atoms with Crippen LogP contribution < -0.4 is 10.6 Å². The highest BCUT2D eigenvalue weighted by atomic mass is 32.2. The topological polar surface area (TPSA) is 44.4 Å². The fraction of sp³-hybridized carbons (Fsp3) is 0.650. The molecule has 1 aromatic rings. The summed E-state index contributed by atoms with van der Waals surface area (Å²) in [4.78, 5) is 16.4. The van der Waals surface area contributed by atoms with Gasteiger partial charge in [-0.1, -0.05) is 6.92 Å². The van der Waals surface area contributed by atoms with Crippen molar-refractivity contribution in [1.82, 2.24) is 15.5 Å². The van der Waals surface area contributed by atoms with Gasteiger partial charge in [-0.15, -0.1) is 11.8 Å². The highest BCUT2D eigenvalue weighted by Crippen LogP contribution is 2.32. The Kier molecular flexibility index (Phi) is 5.07. The van der Waals surface area contributed by atoms with E-state index in [0.29, 0.717) is 23.4 Å². The molecular formula is C20H29N3OS. The molecule has 0 radical (unpaired) electrons. The minimum atomic E-state index is 0.0785. The normalized spacial score (nSPS) is 37.2. The van der Waals surface area contributed by atoms with E-state index in [1.807, 2.05) is 23.9 Å². The number of amides is 1. The van der Waals surface area contributed by atoms with Crippen LogP contribution in [0.3, 0.4) is 0 Å². The van der Waals surface area contributed by atoms with Crippen LogP contribution in [0.25, 0.3) is 0 Å². The minimum absolute atomic E-state index is 0.0785. The van der Waals surface area contributed by atoms with Gasteiger partial charge in [0.05, 0.1) is 5.37 Å². The number of carbonyl (C=O) groups excluding carboxylic acids is 1. The Morgan fingerprint density at radius 3 is 2.52 bits per heavy atom. The first-order valence-electron chi connectivity index (χ1n) is 9.65. The highest BCUT2D eigenvalue weighted by Gasteiger charge is 2.40. The summed E-state index contributed by atoms with van der Waals surface area (Å²) in [6.07, 6.45) is 3.65. The molecule has 2 bridgehead atoms. The van der Waals surface area contributed by atoms with Crippen molar-refractivity contribution < 1.29 is 4.79 Å². The van der Waals surface area contributed by atoms with E-state index in [1.54, 1.807) is 0 Å². The lowest BCUT2D eigenvalue weighted by Crippen LogP contribution is -2.62. The van der Waals surface area contributed by atoms with Crippen LogP contribution in [0.5, 0.6) is 0 Å². The van der Waals surface area contributed by atoms with Gasteiger partial charge in [0.2, 0.25) is 0 Å². The van der Waals surface area contributed by atoms with E-state index < -0.39 is 0 Å². The molecule has 4 nitrogen and oxygen atoms in total. The quantitative estimate of drug-likeness (QED) is 0.868. The first-order valence-corrected chi connectivity index (χ1v) is 10.5. The third-order valence-electron chi connectivity index (χ3n) is 6.18. The van der Waals surface area contributed by atoms with Crippen molar-refractivity contribution in [3.05, 3.63) is 29.8 Å². The fourth-order valence-corrected chi connectivity index (χ4v) is 5.81. The van der Waals surface area contributed by atoms with Crippen LogP contribution in [0.15, 0.2) is 29.2 Å². The second-order valence-electron chi connectivity index (χ2n) is 7.99. The zero-order valence-electron chi connectivity index (χ0n) is 15.2. The molecule has 25 heavy (non-hydrogen) atoms. The summed E-state index contributed by atoms with van der Waals surface area (Å²) in [6.45, 7) is 8.04. The van der Waals surface area contributed by atoms with E-state index in [-0.39, 0.29) is 5.91 Å². The van der Waals surface area contributed by atoms with Crippen molar-refractivity contribution in [3.8, 4) is 0 Å². The molecule has 5 rings (SSSR count). The highest BCUT2D eigenvalue weighted by molar-refractivity contribution is 7.99. The second kappa shape index (κ2) is 7.29. The van der Waals surface area contributed by atoms with Gasteiger partial charge >= 0.3 is 0 Å². The average Bonchev–Trinajstić information content (AvgIpc) is 3.04. The fourth-order valence-electron chi connectivity index (χ4n) is 4.58. The van der Waals surface area contributed by atoms with Gasteiger partial charge in [-0.25, -0.2) is 0 Å². The molecule has 4 saturated heterocycles. The molecule has 1 amide bonds. The first kappa shape index (κ1) is 17.4. The molecule has 4 aliphatic rings. The molecule has 136 valence electrons. The van der Waals surface area contributed by atoms with Crippen molar-refractivity contribution in [2.45, 2.75) is 55.5 Å². The van der Waals surface area contributed by atoms with Crippen LogP contribution in [0.2, 0.25) is 0 Å². The van der Waals surface area contributed by atoms with Crippen LogP contribution in [0, 0.1) is 11.8 Å². The van der Waals surface area contributed by atoms with Gasteiger partial charge in [0.15, 0.2) is 0 Å². The molecule has 2 N–H and O–H groups in total. The lowest BCUT2D eigenvalue weighted by molar-refractivity contribution is 0.0217. The molecule has 1 aromatic carbocycles. The molecule has 5 heteroatoms. The number of benzene rings is 1. The van der Waals surface area contributed by atoms with Crippen LogP contribution in [-0.4, -0.2) is 47.9 Å². The van der Waals surface area contributed by atoms with Gasteiger partial charge < -0.3 is 10.6 Å². The predicted octanol–water partition coefficient (Wildman–Crippen LogP) is 2.95. The van der Waals surface area contributed by atoms with E-state index in [0.717, 1.165) is 18.0 Å². The Hall–Kier alpha value is -1.04. The standard InChI is InChI=1S/C20H29N3OS/c1-13-11-18(21-12-13)25-17-5-3-16(4-6-17)20(24)22-19-14(2)23-9-7-15(19)8-10-23/h3-6,13-15,18-19,21H,7-12H2,1-2H3,(H,22,24)/t13?,14-,18?,19-/m0/s1. The summed E-state index contributed by atoms with van der Waals surface area (Å²) in [7, 11) is 0. The Balaban J connectivity index is 1.36. The first-order chi connectivity index (χ1) is 12.1. The van der Waals surface area contributed by atoms with Crippen molar-refractivity contribution in [3.63, 3.8) is 0 Å². The number of nitrogens with zero attached hydrogens (tertiary/aromatic N) is 1. The van der Waals surface area contributed by atoms with Crippen molar-refractivity contribution in [1.29, 1.82) is 0 Å². The van der Waals surface area contributed by atoms with E-state index in [1.165, 1.54) is 37.2 Å². The maximum atomic E-state index is 12.7. The number of carbonyl (C=O) groups is 1. The molecule has 0 saturated carbocycles.